The molecule has 0 amide bonds. The van der Waals surface area contributed by atoms with E-state index in [0.29, 0.717) is 5.41 Å². The second-order valence-corrected chi connectivity index (χ2v) is 24.4. The maximum Gasteiger partial charge on any atom is -0.0114 e. The fourth-order valence-corrected chi connectivity index (χ4v) is 8.87. The van der Waals surface area contributed by atoms with Crippen molar-refractivity contribution in [2.75, 3.05) is 0 Å². The Labute approximate surface area is 299 Å². The summed E-state index contributed by atoms with van der Waals surface area (Å²) in [5.74, 6) is 0. The van der Waals surface area contributed by atoms with Crippen molar-refractivity contribution in [2.45, 2.75) is 137 Å². The van der Waals surface area contributed by atoms with Gasteiger partial charge in [-0.15, -0.1) is 11.8 Å². The van der Waals surface area contributed by atoms with Crippen LogP contribution in [0.4, 0.5) is 0 Å². The van der Waals surface area contributed by atoms with E-state index in [0.717, 1.165) is 12.8 Å². The van der Waals surface area contributed by atoms with E-state index in [2.05, 4.69) is 138 Å². The van der Waals surface area contributed by atoms with E-state index < -0.39 is 8.07 Å². The Kier molecular flexibility index (Phi) is 12.5. The molecule has 0 unspecified atom stereocenters. The minimum absolute atomic E-state index is 0. The molecular weight excluding hydrogens is 671 g/mol. The molecule has 4 aliphatic rings. The third-order valence-electron chi connectivity index (χ3n) is 10.5. The van der Waals surface area contributed by atoms with Gasteiger partial charge in [0.1, 0.15) is 0 Å². The number of rotatable bonds is 1. The summed E-state index contributed by atoms with van der Waals surface area (Å²) >= 11 is 1.55. The normalized spacial score (nSPS) is 20.4. The van der Waals surface area contributed by atoms with Crippen LogP contribution in [0.25, 0.3) is 11.1 Å². The number of fused-ring (bicyclic) bond motifs is 5. The van der Waals surface area contributed by atoms with Gasteiger partial charge >= 0.3 is 41.3 Å². The van der Waals surface area contributed by atoms with Crippen LogP contribution in [-0.4, -0.2) is 11.3 Å². The molecule has 0 nitrogen and oxygen atoms in total. The molecular formula is C40H56Cl2SiZr-2. The van der Waals surface area contributed by atoms with Gasteiger partial charge in [0.2, 0.25) is 0 Å². The van der Waals surface area contributed by atoms with Gasteiger partial charge in [0.15, 0.2) is 0 Å². The predicted molar refractivity (Wildman–Crippen MR) is 185 cm³/mol. The first-order chi connectivity index (χ1) is 19.2. The molecule has 0 radical (unpaired) electrons. The zero-order valence-electron chi connectivity index (χ0n) is 29.8. The first kappa shape index (κ1) is 39.6. The van der Waals surface area contributed by atoms with Crippen molar-refractivity contribution in [3.8, 4) is 11.1 Å². The van der Waals surface area contributed by atoms with E-state index in [-0.39, 0.29) is 41.1 Å². The van der Waals surface area contributed by atoms with Crippen LogP contribution in [0.15, 0.2) is 41.6 Å². The largest absolute Gasteiger partial charge is 1.00 e. The SMILES string of the molecule is CC1(C)[CH-]CCc2cc3c(cc21)Cc1cc2c(cc1-3)C(C)(C)CC(C)(C)C2(C)C.C[C](C)=[Zr+2].C[Si](C)(C)C1=CC[C-]=C1.[Cl-].[Cl-]. The summed E-state index contributed by atoms with van der Waals surface area (Å²) < 4.78 is 1.51. The van der Waals surface area contributed by atoms with Crippen molar-refractivity contribution in [3.05, 3.63) is 87.5 Å². The molecule has 2 aromatic carbocycles. The second-order valence-electron chi connectivity index (χ2n) is 16.9. The maximum atomic E-state index is 3.20. The van der Waals surface area contributed by atoms with E-state index in [9.17, 15) is 0 Å². The zero-order valence-corrected chi connectivity index (χ0v) is 34.8. The van der Waals surface area contributed by atoms with Gasteiger partial charge in [-0.05, 0) is 76.1 Å². The van der Waals surface area contributed by atoms with Crippen LogP contribution in [0.1, 0.15) is 122 Å². The minimum atomic E-state index is -0.981. The number of benzene rings is 2. The molecule has 0 saturated carbocycles. The van der Waals surface area contributed by atoms with E-state index in [4.69, 9.17) is 0 Å². The molecule has 0 saturated heterocycles. The average Bonchev–Trinajstić information content (AvgIpc) is 3.49. The summed E-state index contributed by atoms with van der Waals surface area (Å²) in [6.07, 6.45) is 15.9. The Balaban J connectivity index is 0.000000380. The first-order valence-corrected chi connectivity index (χ1v) is 20.9. The molecule has 4 aliphatic carbocycles. The van der Waals surface area contributed by atoms with E-state index >= 15 is 0 Å². The Morgan fingerprint density at radius 1 is 0.795 bits per heavy atom. The van der Waals surface area contributed by atoms with Gasteiger partial charge in [-0.2, -0.15) is 12.5 Å². The number of aryl methyl sites for hydroxylation is 1. The van der Waals surface area contributed by atoms with Gasteiger partial charge in [0.25, 0.3) is 0 Å². The van der Waals surface area contributed by atoms with Crippen LogP contribution in [0.3, 0.4) is 0 Å². The second kappa shape index (κ2) is 13.9. The van der Waals surface area contributed by atoms with Crippen LogP contribution in [0.5, 0.6) is 0 Å². The smallest absolute Gasteiger partial charge is 0.0114 e. The van der Waals surface area contributed by atoms with Crippen LogP contribution in [-0.2, 0) is 53.3 Å². The fraction of sp³-hybridized carbons (Fsp3) is 0.550. The van der Waals surface area contributed by atoms with Crippen molar-refractivity contribution < 1.29 is 49.0 Å². The van der Waals surface area contributed by atoms with Gasteiger partial charge in [-0.3, -0.25) is 6.08 Å². The molecule has 0 bridgehead atoms. The van der Waals surface area contributed by atoms with Crippen molar-refractivity contribution in [2.24, 2.45) is 5.41 Å². The first-order valence-electron chi connectivity index (χ1n) is 16.2. The predicted octanol–water partition coefficient (Wildman–Crippen LogP) is 4.98. The summed E-state index contributed by atoms with van der Waals surface area (Å²) in [6.45, 7) is 30.9. The van der Waals surface area contributed by atoms with Crippen LogP contribution >= 0.6 is 0 Å². The monoisotopic (exact) mass is 724 g/mol. The standard InChI is InChI=1S/C29H37.C8H13Si.C3H6.2ClH.Zr/c1-26(2)11-9-10-18-13-21-19(14-23(18)26)12-20-15-25-24(16-22(20)21)27(3,4)17-28(5,6)29(25,7)8;1-9(2,3)8-6-4-5-7-8;1-3-2;;;/h11,13-16H,9-10,12,17H2,1-8H3;6-7H,4H2,1-3H3;1-2H3;2*1H;/q2*-1;;;;+2/p-2. The molecule has 4 heteroatoms. The van der Waals surface area contributed by atoms with Crippen LogP contribution in [0.2, 0.25) is 19.6 Å². The topological polar surface area (TPSA) is 0 Å². The van der Waals surface area contributed by atoms with Crippen molar-refractivity contribution in [3.63, 3.8) is 0 Å². The molecule has 0 spiro atoms. The summed E-state index contributed by atoms with van der Waals surface area (Å²) in [4.78, 5) is 0. The molecule has 44 heavy (non-hydrogen) atoms. The third kappa shape index (κ3) is 7.94. The molecule has 0 heterocycles. The zero-order chi connectivity index (χ0) is 31.5. The summed E-state index contributed by atoms with van der Waals surface area (Å²) in [5, 5.41) is 1.56. The van der Waals surface area contributed by atoms with E-state index in [1.165, 1.54) is 33.6 Å². The number of allylic oxidation sites excluding steroid dienone is 4. The summed E-state index contributed by atoms with van der Waals surface area (Å²) in [6, 6.07) is 10.3. The Morgan fingerprint density at radius 3 is 1.84 bits per heavy atom. The molecule has 0 atom stereocenters. The Hall–Kier alpha value is -0.530. The quantitative estimate of drug-likeness (QED) is 0.246. The number of hydrogen-bond donors (Lipinski definition) is 0. The summed E-state index contributed by atoms with van der Waals surface area (Å²) in [5.41, 5.74) is 13.3. The average molecular weight is 727 g/mol. The molecule has 0 aliphatic heterocycles. The van der Waals surface area contributed by atoms with Crippen molar-refractivity contribution in [1.82, 2.24) is 0 Å². The summed E-state index contributed by atoms with van der Waals surface area (Å²) in [7, 11) is -0.981. The molecule has 240 valence electrons. The van der Waals surface area contributed by atoms with Gasteiger partial charge in [-0.1, -0.05) is 111 Å². The molecule has 0 fully saturated rings. The number of halogens is 2. The third-order valence-corrected chi connectivity index (χ3v) is 12.6. The van der Waals surface area contributed by atoms with Crippen molar-refractivity contribution in [1.29, 1.82) is 0 Å². The number of hydrogen-bond acceptors (Lipinski definition) is 0. The Bertz CT molecular complexity index is 1440. The van der Waals surface area contributed by atoms with Gasteiger partial charge < -0.3 is 31.2 Å². The van der Waals surface area contributed by atoms with Crippen LogP contribution in [0, 0.1) is 17.9 Å². The van der Waals surface area contributed by atoms with Crippen molar-refractivity contribution >= 4 is 11.3 Å². The van der Waals surface area contributed by atoms with Gasteiger partial charge in [-0.25, -0.2) is 11.3 Å². The van der Waals surface area contributed by atoms with Crippen LogP contribution < -0.4 is 24.8 Å². The van der Waals surface area contributed by atoms with E-state index in [1.54, 1.807) is 62.8 Å². The minimum Gasteiger partial charge on any atom is -1.00 e. The maximum absolute atomic E-state index is 3.20. The molecule has 2 aromatic rings. The molecule has 6 rings (SSSR count). The molecule has 0 N–H and O–H groups in total. The fourth-order valence-electron chi connectivity index (χ4n) is 7.62. The Morgan fingerprint density at radius 2 is 1.34 bits per heavy atom. The molecule has 0 aromatic heterocycles. The van der Waals surface area contributed by atoms with Gasteiger partial charge in [0, 0.05) is 0 Å². The van der Waals surface area contributed by atoms with E-state index in [1.807, 2.05) is 0 Å². The van der Waals surface area contributed by atoms with Gasteiger partial charge in [0.05, 0.1) is 0 Å².